The Bertz CT molecular complexity index is 913. The molecule has 1 atom stereocenters. The fourth-order valence-corrected chi connectivity index (χ4v) is 4.64. The van der Waals surface area contributed by atoms with Crippen LogP contribution in [-0.2, 0) is 16.6 Å². The molecule has 136 valence electrons. The molecule has 0 unspecified atom stereocenters. The predicted molar refractivity (Wildman–Crippen MR) is 101 cm³/mol. The van der Waals surface area contributed by atoms with Gasteiger partial charge < -0.3 is 10.2 Å². The van der Waals surface area contributed by atoms with Crippen molar-refractivity contribution in [3.05, 3.63) is 59.1 Å². The number of likely N-dealkylation sites (tertiary alicyclic amines) is 1. The molecule has 0 aliphatic carbocycles. The molecule has 1 aliphatic rings. The van der Waals surface area contributed by atoms with Crippen molar-refractivity contribution in [1.29, 1.82) is 5.26 Å². The molecule has 3 rings (SSSR count). The maximum absolute atomic E-state index is 12.7. The quantitative estimate of drug-likeness (QED) is 0.741. The number of rotatable bonds is 6. The van der Waals surface area contributed by atoms with E-state index in [1.807, 2.05) is 36.5 Å². The van der Waals surface area contributed by atoms with Crippen LogP contribution in [0.2, 0.25) is 5.02 Å². The molecule has 0 radical (unpaired) electrons. The number of hydrogen-bond donors (Lipinski definition) is 2. The first-order chi connectivity index (χ1) is 12.5. The van der Waals surface area contributed by atoms with E-state index in [2.05, 4.69) is 10.0 Å². The smallest absolute Gasteiger partial charge is 0.242 e. The molecule has 0 bridgehead atoms. The van der Waals surface area contributed by atoms with E-state index < -0.39 is 10.0 Å². The van der Waals surface area contributed by atoms with Gasteiger partial charge in [0.2, 0.25) is 10.0 Å². The molecule has 0 aromatic heterocycles. The Kier molecular flexibility index (Phi) is 5.67. The van der Waals surface area contributed by atoms with Crippen LogP contribution >= 0.6 is 11.6 Å². The molecule has 1 fully saturated rings. The van der Waals surface area contributed by atoms with Crippen LogP contribution in [-0.4, -0.2) is 32.4 Å². The molecule has 8 heteroatoms. The molecule has 2 N–H and O–H groups in total. The summed E-state index contributed by atoms with van der Waals surface area (Å²) in [7, 11) is -3.77. The van der Waals surface area contributed by atoms with Gasteiger partial charge in [0.25, 0.3) is 0 Å². The van der Waals surface area contributed by atoms with Gasteiger partial charge in [0.1, 0.15) is 4.90 Å². The number of nitrogens with one attached hydrogen (secondary N) is 2. The Hall–Kier alpha value is -2.27. The topological polar surface area (TPSA) is 85.2 Å². The largest absolute Gasteiger partial charge is 0.381 e. The first-order valence-corrected chi connectivity index (χ1v) is 10.1. The average molecular weight is 391 g/mol. The van der Waals surface area contributed by atoms with Crippen molar-refractivity contribution < 1.29 is 8.42 Å². The highest BCUT2D eigenvalue weighted by Gasteiger charge is 2.28. The molecule has 1 heterocycles. The summed E-state index contributed by atoms with van der Waals surface area (Å²) in [4.78, 5) is 1.57. The van der Waals surface area contributed by atoms with Crippen LogP contribution in [0.15, 0.2) is 53.4 Å². The zero-order valence-electron chi connectivity index (χ0n) is 14.0. The minimum Gasteiger partial charge on any atom is -0.381 e. The van der Waals surface area contributed by atoms with E-state index in [0.717, 1.165) is 5.56 Å². The Balaban J connectivity index is 1.73. The summed E-state index contributed by atoms with van der Waals surface area (Å²) in [5, 5.41) is 12.3. The molecule has 26 heavy (non-hydrogen) atoms. The Morgan fingerprint density at radius 2 is 2.00 bits per heavy atom. The van der Waals surface area contributed by atoms with Crippen LogP contribution < -0.4 is 10.0 Å². The second kappa shape index (κ2) is 7.96. The molecule has 2 aromatic carbocycles. The number of halogens is 1. The van der Waals surface area contributed by atoms with E-state index in [1.165, 1.54) is 11.0 Å². The lowest BCUT2D eigenvalue weighted by Gasteiger charge is -2.15. The van der Waals surface area contributed by atoms with Gasteiger partial charge in [0.15, 0.2) is 6.19 Å². The maximum atomic E-state index is 12.7. The minimum absolute atomic E-state index is 0.0348. The molecular weight excluding hydrogens is 372 g/mol. The molecule has 0 saturated carbocycles. The molecule has 1 aliphatic heterocycles. The third kappa shape index (κ3) is 4.47. The summed E-state index contributed by atoms with van der Waals surface area (Å²) >= 11 is 6.13. The van der Waals surface area contributed by atoms with Gasteiger partial charge >= 0.3 is 0 Å². The molecule has 2 aromatic rings. The summed E-state index contributed by atoms with van der Waals surface area (Å²) in [6.45, 7) is 1.50. The van der Waals surface area contributed by atoms with Gasteiger partial charge in [-0.05, 0) is 30.2 Å². The van der Waals surface area contributed by atoms with Crippen LogP contribution in [0.1, 0.15) is 12.0 Å². The third-order valence-corrected chi connectivity index (χ3v) is 6.21. The van der Waals surface area contributed by atoms with Crippen LogP contribution in [0, 0.1) is 11.5 Å². The highest BCUT2D eigenvalue weighted by Crippen LogP contribution is 2.26. The summed E-state index contributed by atoms with van der Waals surface area (Å²) in [6.07, 6.45) is 2.63. The minimum atomic E-state index is -3.77. The van der Waals surface area contributed by atoms with Crippen LogP contribution in [0.5, 0.6) is 0 Å². The molecule has 0 spiro atoms. The van der Waals surface area contributed by atoms with E-state index in [0.29, 0.717) is 31.7 Å². The van der Waals surface area contributed by atoms with Crippen molar-refractivity contribution in [3.63, 3.8) is 0 Å². The maximum Gasteiger partial charge on any atom is 0.242 e. The zero-order valence-corrected chi connectivity index (χ0v) is 15.6. The van der Waals surface area contributed by atoms with Crippen molar-refractivity contribution >= 4 is 27.3 Å². The van der Waals surface area contributed by atoms with Crippen molar-refractivity contribution in [2.75, 3.05) is 18.4 Å². The first-order valence-electron chi connectivity index (χ1n) is 8.22. The average Bonchev–Trinajstić information content (AvgIpc) is 3.08. The van der Waals surface area contributed by atoms with E-state index in [1.54, 1.807) is 12.1 Å². The fraction of sp³-hybridized carbons (Fsp3) is 0.278. The van der Waals surface area contributed by atoms with Crippen molar-refractivity contribution in [1.82, 2.24) is 9.62 Å². The van der Waals surface area contributed by atoms with Gasteiger partial charge in [-0.1, -0.05) is 41.9 Å². The predicted octanol–water partition coefficient (Wildman–Crippen LogP) is 2.79. The van der Waals surface area contributed by atoms with Gasteiger partial charge in [-0.15, -0.1) is 0 Å². The Labute approximate surface area is 158 Å². The zero-order chi connectivity index (χ0) is 18.6. The lowest BCUT2D eigenvalue weighted by molar-refractivity contribution is 0.470. The monoisotopic (exact) mass is 390 g/mol. The Morgan fingerprint density at radius 3 is 2.69 bits per heavy atom. The summed E-state index contributed by atoms with van der Waals surface area (Å²) < 4.78 is 28.1. The van der Waals surface area contributed by atoms with Crippen molar-refractivity contribution in [2.24, 2.45) is 0 Å². The van der Waals surface area contributed by atoms with E-state index in [9.17, 15) is 8.42 Å². The molecule has 1 saturated heterocycles. The second-order valence-electron chi connectivity index (χ2n) is 6.14. The molecule has 6 nitrogen and oxygen atoms in total. The normalized spacial score (nSPS) is 17.1. The highest BCUT2D eigenvalue weighted by atomic mass is 35.5. The number of hydrogen-bond acceptors (Lipinski definition) is 5. The van der Waals surface area contributed by atoms with E-state index in [4.69, 9.17) is 16.9 Å². The van der Waals surface area contributed by atoms with Gasteiger partial charge in [0.05, 0.1) is 5.02 Å². The van der Waals surface area contributed by atoms with Crippen LogP contribution in [0.4, 0.5) is 5.69 Å². The first kappa shape index (κ1) is 18.5. The van der Waals surface area contributed by atoms with Crippen LogP contribution in [0.25, 0.3) is 0 Å². The Morgan fingerprint density at radius 1 is 1.23 bits per heavy atom. The number of nitrogens with zero attached hydrogens (tertiary/aromatic N) is 2. The number of nitriles is 1. The number of anilines is 1. The summed E-state index contributed by atoms with van der Waals surface area (Å²) in [6, 6.07) is 14.4. The van der Waals surface area contributed by atoms with Crippen molar-refractivity contribution in [2.45, 2.75) is 23.9 Å². The van der Waals surface area contributed by atoms with Gasteiger partial charge in [-0.2, -0.15) is 5.26 Å². The van der Waals surface area contributed by atoms with Crippen molar-refractivity contribution in [3.8, 4) is 6.19 Å². The van der Waals surface area contributed by atoms with Gasteiger partial charge in [0, 0.05) is 31.4 Å². The second-order valence-corrected chi connectivity index (χ2v) is 8.23. The lowest BCUT2D eigenvalue weighted by atomic mass is 10.2. The number of benzene rings is 2. The summed E-state index contributed by atoms with van der Waals surface area (Å²) in [5.41, 5.74) is 1.76. The summed E-state index contributed by atoms with van der Waals surface area (Å²) in [5.74, 6) is 0. The lowest BCUT2D eigenvalue weighted by Crippen LogP contribution is -2.36. The van der Waals surface area contributed by atoms with E-state index in [-0.39, 0.29) is 16.0 Å². The number of sulfonamides is 1. The van der Waals surface area contributed by atoms with Gasteiger partial charge in [-0.3, -0.25) is 0 Å². The molecular formula is C18H19ClN4O2S. The van der Waals surface area contributed by atoms with Crippen LogP contribution in [0.3, 0.4) is 0 Å². The molecule has 0 amide bonds. The third-order valence-electron chi connectivity index (χ3n) is 4.21. The van der Waals surface area contributed by atoms with E-state index >= 15 is 0 Å². The SMILES string of the molecule is N#CN1CC[C@@H](NS(=O)(=O)c2cc(NCc3ccccc3)ccc2Cl)C1. The fourth-order valence-electron chi connectivity index (χ4n) is 2.85. The standard InChI is InChI=1S/C18H19ClN4O2S/c19-17-7-6-15(21-11-14-4-2-1-3-5-14)10-18(17)26(24,25)22-16-8-9-23(12-16)13-20/h1-7,10,16,21-22H,8-9,11-12H2/t16-/m1/s1. The van der Waals surface area contributed by atoms with Gasteiger partial charge in [-0.25, -0.2) is 13.1 Å². The highest BCUT2D eigenvalue weighted by molar-refractivity contribution is 7.89.